The number of carbonyl (C=O) groups excluding carboxylic acids is 2. The van der Waals surface area contributed by atoms with E-state index >= 15 is 0 Å². The second kappa shape index (κ2) is 8.34. The standard InChI is InChI=1S/C19H27N3O3/c1-2-25-19(24)22-17-8-9-18(22)13-15(12-17)20-10-11-21(14-23)16-6-4-3-5-7-16/h3-7,14-15,17-18,20H,2,8-13H2,1H3. The molecule has 2 aliphatic heterocycles. The third-order valence-electron chi connectivity index (χ3n) is 5.21. The average molecular weight is 345 g/mol. The minimum absolute atomic E-state index is 0.162. The molecular formula is C19H27N3O3. The first kappa shape index (κ1) is 17.7. The van der Waals surface area contributed by atoms with Crippen LogP contribution in [0.2, 0.25) is 0 Å². The minimum Gasteiger partial charge on any atom is -0.450 e. The van der Waals surface area contributed by atoms with Crippen LogP contribution in [0.4, 0.5) is 10.5 Å². The molecule has 0 aromatic heterocycles. The number of hydrogen-bond acceptors (Lipinski definition) is 4. The fourth-order valence-electron chi connectivity index (χ4n) is 4.09. The molecule has 0 spiro atoms. The summed E-state index contributed by atoms with van der Waals surface area (Å²) in [7, 11) is 0. The number of carbonyl (C=O) groups is 2. The molecule has 2 atom stereocenters. The summed E-state index contributed by atoms with van der Waals surface area (Å²) in [5, 5.41) is 3.57. The molecule has 2 unspecified atom stereocenters. The van der Waals surface area contributed by atoms with Crippen molar-refractivity contribution in [3.63, 3.8) is 0 Å². The van der Waals surface area contributed by atoms with Crippen molar-refractivity contribution in [3.8, 4) is 0 Å². The predicted octanol–water partition coefficient (Wildman–Crippen LogP) is 2.39. The average Bonchev–Trinajstić information content (AvgIpc) is 2.90. The Hall–Kier alpha value is -2.08. The van der Waals surface area contributed by atoms with Crippen LogP contribution >= 0.6 is 0 Å². The van der Waals surface area contributed by atoms with Gasteiger partial charge in [-0.15, -0.1) is 0 Å². The summed E-state index contributed by atoms with van der Waals surface area (Å²) >= 11 is 0. The Bertz CT molecular complexity index is 567. The quantitative estimate of drug-likeness (QED) is 0.771. The van der Waals surface area contributed by atoms with Crippen LogP contribution in [0.15, 0.2) is 30.3 Å². The highest BCUT2D eigenvalue weighted by molar-refractivity contribution is 5.74. The van der Waals surface area contributed by atoms with Crippen molar-refractivity contribution in [1.82, 2.24) is 10.2 Å². The molecule has 25 heavy (non-hydrogen) atoms. The molecule has 136 valence electrons. The molecule has 6 heteroatoms. The Morgan fingerprint density at radius 1 is 1.28 bits per heavy atom. The molecule has 2 aliphatic rings. The van der Waals surface area contributed by atoms with E-state index in [1.807, 2.05) is 42.2 Å². The number of amides is 2. The maximum absolute atomic E-state index is 12.1. The Kier molecular flexibility index (Phi) is 5.91. The van der Waals surface area contributed by atoms with Crippen LogP contribution in [-0.2, 0) is 9.53 Å². The predicted molar refractivity (Wildman–Crippen MR) is 96.5 cm³/mol. The highest BCUT2D eigenvalue weighted by Crippen LogP contribution is 2.36. The van der Waals surface area contributed by atoms with E-state index in [4.69, 9.17) is 4.74 Å². The summed E-state index contributed by atoms with van der Waals surface area (Å²) in [4.78, 5) is 27.1. The van der Waals surface area contributed by atoms with E-state index in [0.717, 1.165) is 44.3 Å². The molecule has 2 amide bonds. The summed E-state index contributed by atoms with van der Waals surface area (Å²) in [6.45, 7) is 3.66. The second-order valence-corrected chi connectivity index (χ2v) is 6.75. The molecule has 0 aliphatic carbocycles. The lowest BCUT2D eigenvalue weighted by Gasteiger charge is -2.38. The van der Waals surface area contributed by atoms with Gasteiger partial charge in [-0.25, -0.2) is 4.79 Å². The Morgan fingerprint density at radius 2 is 1.96 bits per heavy atom. The Balaban J connectivity index is 1.48. The summed E-state index contributed by atoms with van der Waals surface area (Å²) in [5.74, 6) is 0. The highest BCUT2D eigenvalue weighted by atomic mass is 16.6. The van der Waals surface area contributed by atoms with Crippen molar-refractivity contribution < 1.29 is 14.3 Å². The minimum atomic E-state index is -0.162. The number of para-hydroxylation sites is 1. The van der Waals surface area contributed by atoms with Crippen molar-refractivity contribution in [1.29, 1.82) is 0 Å². The van der Waals surface area contributed by atoms with Gasteiger partial charge in [-0.3, -0.25) is 4.79 Å². The Morgan fingerprint density at radius 3 is 2.56 bits per heavy atom. The molecule has 2 saturated heterocycles. The number of piperidine rings is 1. The number of fused-ring (bicyclic) bond motifs is 2. The molecule has 1 aromatic rings. The largest absolute Gasteiger partial charge is 0.450 e. The molecular weight excluding hydrogens is 318 g/mol. The number of nitrogens with one attached hydrogen (secondary N) is 1. The van der Waals surface area contributed by atoms with Crippen LogP contribution in [0.25, 0.3) is 0 Å². The normalized spacial score (nSPS) is 24.8. The van der Waals surface area contributed by atoms with Gasteiger partial charge in [-0.2, -0.15) is 0 Å². The van der Waals surface area contributed by atoms with Crippen LogP contribution in [0.3, 0.4) is 0 Å². The first-order valence-corrected chi connectivity index (χ1v) is 9.18. The van der Waals surface area contributed by atoms with Gasteiger partial charge in [0.15, 0.2) is 0 Å². The highest BCUT2D eigenvalue weighted by Gasteiger charge is 2.43. The van der Waals surface area contributed by atoms with Crippen molar-refractivity contribution in [3.05, 3.63) is 30.3 Å². The van der Waals surface area contributed by atoms with Gasteiger partial charge in [-0.1, -0.05) is 18.2 Å². The number of anilines is 1. The van der Waals surface area contributed by atoms with E-state index in [1.165, 1.54) is 0 Å². The van der Waals surface area contributed by atoms with E-state index in [-0.39, 0.29) is 18.2 Å². The third-order valence-corrected chi connectivity index (χ3v) is 5.21. The number of rotatable bonds is 7. The van der Waals surface area contributed by atoms with Gasteiger partial charge < -0.3 is 19.9 Å². The van der Waals surface area contributed by atoms with Crippen LogP contribution in [0.1, 0.15) is 32.6 Å². The van der Waals surface area contributed by atoms with E-state index in [1.54, 1.807) is 4.90 Å². The molecule has 3 rings (SSSR count). The lowest BCUT2D eigenvalue weighted by molar-refractivity contribution is -0.107. The molecule has 0 saturated carbocycles. The van der Waals surface area contributed by atoms with Gasteiger partial charge in [-0.05, 0) is 44.7 Å². The van der Waals surface area contributed by atoms with Crippen LogP contribution in [0.5, 0.6) is 0 Å². The fourth-order valence-corrected chi connectivity index (χ4v) is 4.09. The molecule has 1 aromatic carbocycles. The second-order valence-electron chi connectivity index (χ2n) is 6.75. The van der Waals surface area contributed by atoms with Crippen molar-refractivity contribution >= 4 is 18.2 Å². The number of hydrogen-bond donors (Lipinski definition) is 1. The van der Waals surface area contributed by atoms with Gasteiger partial charge in [0.25, 0.3) is 0 Å². The van der Waals surface area contributed by atoms with E-state index in [0.29, 0.717) is 19.2 Å². The van der Waals surface area contributed by atoms with Crippen molar-refractivity contribution in [2.75, 3.05) is 24.6 Å². The molecule has 2 heterocycles. The van der Waals surface area contributed by atoms with Gasteiger partial charge in [0.05, 0.1) is 6.61 Å². The summed E-state index contributed by atoms with van der Waals surface area (Å²) in [6, 6.07) is 10.6. The fraction of sp³-hybridized carbons (Fsp3) is 0.579. The molecule has 6 nitrogen and oxygen atoms in total. The summed E-state index contributed by atoms with van der Waals surface area (Å²) in [5.41, 5.74) is 0.913. The van der Waals surface area contributed by atoms with Crippen LogP contribution in [-0.4, -0.2) is 55.2 Å². The topological polar surface area (TPSA) is 61.9 Å². The number of benzene rings is 1. The van der Waals surface area contributed by atoms with Gasteiger partial charge in [0.2, 0.25) is 6.41 Å². The summed E-state index contributed by atoms with van der Waals surface area (Å²) < 4.78 is 5.19. The Labute approximate surface area is 149 Å². The maximum atomic E-state index is 12.1. The van der Waals surface area contributed by atoms with E-state index in [9.17, 15) is 9.59 Å². The zero-order valence-electron chi connectivity index (χ0n) is 14.8. The first-order chi connectivity index (χ1) is 12.2. The molecule has 2 fully saturated rings. The van der Waals surface area contributed by atoms with Gasteiger partial charge in [0.1, 0.15) is 0 Å². The van der Waals surface area contributed by atoms with Crippen molar-refractivity contribution in [2.24, 2.45) is 0 Å². The zero-order valence-corrected chi connectivity index (χ0v) is 14.8. The zero-order chi connectivity index (χ0) is 17.6. The van der Waals surface area contributed by atoms with Crippen molar-refractivity contribution in [2.45, 2.75) is 50.7 Å². The number of nitrogens with zero attached hydrogens (tertiary/aromatic N) is 2. The lowest BCUT2D eigenvalue weighted by atomic mass is 9.98. The van der Waals surface area contributed by atoms with E-state index in [2.05, 4.69) is 5.32 Å². The smallest absolute Gasteiger partial charge is 0.410 e. The van der Waals surface area contributed by atoms with Gasteiger partial charge in [0, 0.05) is 36.9 Å². The molecule has 0 radical (unpaired) electrons. The molecule has 1 N–H and O–H groups in total. The monoisotopic (exact) mass is 345 g/mol. The number of ether oxygens (including phenoxy) is 1. The maximum Gasteiger partial charge on any atom is 0.410 e. The lowest BCUT2D eigenvalue weighted by Crippen LogP contribution is -2.52. The van der Waals surface area contributed by atoms with Gasteiger partial charge >= 0.3 is 6.09 Å². The third kappa shape index (κ3) is 4.12. The van der Waals surface area contributed by atoms with E-state index < -0.39 is 0 Å². The summed E-state index contributed by atoms with van der Waals surface area (Å²) in [6.07, 6.45) is 4.76. The SMILES string of the molecule is CCOC(=O)N1C2CCC1CC(NCCN(C=O)c1ccccc1)C2. The van der Waals surface area contributed by atoms with Crippen LogP contribution in [0, 0.1) is 0 Å². The molecule has 2 bridgehead atoms. The van der Waals surface area contributed by atoms with Crippen LogP contribution < -0.4 is 10.2 Å². The first-order valence-electron chi connectivity index (χ1n) is 9.18.